The lowest BCUT2D eigenvalue weighted by Crippen LogP contribution is -2.29. The third kappa shape index (κ3) is 6.10. The zero-order valence-electron chi connectivity index (χ0n) is 16.9. The van der Waals surface area contributed by atoms with Crippen LogP contribution < -0.4 is 20.1 Å². The van der Waals surface area contributed by atoms with E-state index in [1.165, 1.54) is 6.92 Å². The molecule has 1 atom stereocenters. The highest BCUT2D eigenvalue weighted by atomic mass is 16.5. The summed E-state index contributed by atoms with van der Waals surface area (Å²) in [5.74, 6) is 1.72. The first-order valence-electron chi connectivity index (χ1n) is 9.57. The van der Waals surface area contributed by atoms with E-state index < -0.39 is 6.04 Å². The molecule has 2 N–H and O–H groups in total. The summed E-state index contributed by atoms with van der Waals surface area (Å²) in [7, 11) is 1.59. The Morgan fingerprint density at radius 2 is 1.43 bits per heavy atom. The number of carbonyl (C=O) groups excluding carboxylic acids is 2. The van der Waals surface area contributed by atoms with Crippen LogP contribution in [0.25, 0.3) is 0 Å². The minimum Gasteiger partial charge on any atom is -0.497 e. The Labute approximate surface area is 175 Å². The van der Waals surface area contributed by atoms with E-state index in [0.29, 0.717) is 17.2 Å². The van der Waals surface area contributed by atoms with Crippen molar-refractivity contribution in [3.63, 3.8) is 0 Å². The van der Waals surface area contributed by atoms with Crippen molar-refractivity contribution >= 4 is 17.5 Å². The number of amides is 2. The van der Waals surface area contributed by atoms with E-state index in [0.717, 1.165) is 11.3 Å². The number of hydrogen-bond donors (Lipinski definition) is 2. The van der Waals surface area contributed by atoms with Crippen molar-refractivity contribution in [2.45, 2.75) is 19.4 Å². The van der Waals surface area contributed by atoms with Crippen molar-refractivity contribution < 1.29 is 19.1 Å². The lowest BCUT2D eigenvalue weighted by Gasteiger charge is -2.18. The topological polar surface area (TPSA) is 76.7 Å². The normalized spacial score (nSPS) is 11.3. The second-order valence-corrected chi connectivity index (χ2v) is 6.72. The molecule has 3 rings (SSSR count). The van der Waals surface area contributed by atoms with Gasteiger partial charge in [-0.3, -0.25) is 9.59 Å². The van der Waals surface area contributed by atoms with Crippen LogP contribution in [0.3, 0.4) is 0 Å². The third-order valence-electron chi connectivity index (χ3n) is 4.40. The van der Waals surface area contributed by atoms with Gasteiger partial charge in [0.1, 0.15) is 17.2 Å². The van der Waals surface area contributed by atoms with Gasteiger partial charge < -0.3 is 20.1 Å². The predicted molar refractivity (Wildman–Crippen MR) is 116 cm³/mol. The molecule has 3 aromatic carbocycles. The molecule has 0 saturated carbocycles. The summed E-state index contributed by atoms with van der Waals surface area (Å²) in [6.45, 7) is 1.43. The van der Waals surface area contributed by atoms with Crippen LogP contribution in [-0.2, 0) is 9.59 Å². The van der Waals surface area contributed by atoms with Crippen molar-refractivity contribution in [3.05, 3.63) is 84.4 Å². The maximum atomic E-state index is 12.6. The summed E-state index contributed by atoms with van der Waals surface area (Å²) in [4.78, 5) is 24.2. The van der Waals surface area contributed by atoms with E-state index in [-0.39, 0.29) is 18.2 Å². The van der Waals surface area contributed by atoms with Crippen LogP contribution >= 0.6 is 0 Å². The first kappa shape index (κ1) is 20.9. The van der Waals surface area contributed by atoms with Gasteiger partial charge in [-0.2, -0.15) is 0 Å². The fraction of sp³-hybridized carbons (Fsp3) is 0.167. The molecule has 0 aliphatic heterocycles. The monoisotopic (exact) mass is 404 g/mol. The molecule has 6 heteroatoms. The summed E-state index contributed by atoms with van der Waals surface area (Å²) in [6, 6.07) is 23.4. The van der Waals surface area contributed by atoms with Crippen LogP contribution in [0.2, 0.25) is 0 Å². The Morgan fingerprint density at radius 1 is 0.833 bits per heavy atom. The molecule has 1 unspecified atom stereocenters. The van der Waals surface area contributed by atoms with Crippen molar-refractivity contribution in [1.29, 1.82) is 0 Å². The molecule has 0 saturated heterocycles. The van der Waals surface area contributed by atoms with Crippen LogP contribution in [0, 0.1) is 0 Å². The maximum Gasteiger partial charge on any atom is 0.226 e. The van der Waals surface area contributed by atoms with Crippen LogP contribution in [0.1, 0.15) is 24.9 Å². The van der Waals surface area contributed by atoms with E-state index in [1.54, 1.807) is 43.5 Å². The molecule has 0 fully saturated rings. The minimum absolute atomic E-state index is 0.105. The first-order chi connectivity index (χ1) is 14.5. The van der Waals surface area contributed by atoms with Gasteiger partial charge >= 0.3 is 0 Å². The summed E-state index contributed by atoms with van der Waals surface area (Å²) in [5, 5.41) is 5.68. The molecule has 0 spiro atoms. The number of nitrogens with one attached hydrogen (secondary N) is 2. The maximum absolute atomic E-state index is 12.6. The zero-order chi connectivity index (χ0) is 21.3. The molecule has 3 aromatic rings. The highest BCUT2D eigenvalue weighted by Crippen LogP contribution is 2.24. The Kier molecular flexibility index (Phi) is 7.05. The van der Waals surface area contributed by atoms with Gasteiger partial charge in [-0.1, -0.05) is 30.3 Å². The second kappa shape index (κ2) is 10.1. The molecule has 0 aliphatic rings. The van der Waals surface area contributed by atoms with Gasteiger partial charge in [0, 0.05) is 12.6 Å². The Morgan fingerprint density at radius 3 is 2.03 bits per heavy atom. The number of hydrogen-bond acceptors (Lipinski definition) is 4. The van der Waals surface area contributed by atoms with Crippen molar-refractivity contribution in [2.24, 2.45) is 0 Å². The highest BCUT2D eigenvalue weighted by molar-refractivity contribution is 5.91. The molecule has 0 aliphatic carbocycles. The fourth-order valence-electron chi connectivity index (χ4n) is 2.96. The smallest absolute Gasteiger partial charge is 0.226 e. The van der Waals surface area contributed by atoms with Crippen molar-refractivity contribution in [2.75, 3.05) is 12.4 Å². The average molecular weight is 404 g/mol. The van der Waals surface area contributed by atoms with E-state index in [1.807, 2.05) is 42.5 Å². The molecular formula is C24H24N2O4. The first-order valence-corrected chi connectivity index (χ1v) is 9.57. The molecule has 0 heterocycles. The van der Waals surface area contributed by atoms with Gasteiger partial charge in [0.25, 0.3) is 0 Å². The van der Waals surface area contributed by atoms with Gasteiger partial charge in [-0.05, 0) is 54.1 Å². The van der Waals surface area contributed by atoms with E-state index in [4.69, 9.17) is 9.47 Å². The van der Waals surface area contributed by atoms with Crippen LogP contribution in [0.15, 0.2) is 78.9 Å². The number of methoxy groups -OCH3 is 1. The number of benzene rings is 3. The Bertz CT molecular complexity index is 970. The van der Waals surface area contributed by atoms with E-state index in [9.17, 15) is 9.59 Å². The second-order valence-electron chi connectivity index (χ2n) is 6.72. The molecule has 2 amide bonds. The Balaban J connectivity index is 1.62. The van der Waals surface area contributed by atoms with E-state index >= 15 is 0 Å². The van der Waals surface area contributed by atoms with Gasteiger partial charge in [0.2, 0.25) is 11.8 Å². The number of anilines is 1. The van der Waals surface area contributed by atoms with Gasteiger partial charge in [-0.15, -0.1) is 0 Å². The summed E-state index contributed by atoms with van der Waals surface area (Å²) in [5.41, 5.74) is 1.48. The molecule has 30 heavy (non-hydrogen) atoms. The van der Waals surface area contributed by atoms with Crippen molar-refractivity contribution in [1.82, 2.24) is 5.32 Å². The average Bonchev–Trinajstić information content (AvgIpc) is 2.75. The molecule has 0 radical (unpaired) electrons. The Hall–Kier alpha value is -3.80. The van der Waals surface area contributed by atoms with Gasteiger partial charge in [0.05, 0.1) is 19.6 Å². The summed E-state index contributed by atoms with van der Waals surface area (Å²) >= 11 is 0. The summed E-state index contributed by atoms with van der Waals surface area (Å²) < 4.78 is 10.9. The number of rotatable bonds is 8. The van der Waals surface area contributed by atoms with Crippen LogP contribution in [0.5, 0.6) is 17.2 Å². The standard InChI is InChI=1S/C24H24N2O4/c1-17(27)25-23(18-8-12-20(29-2)13-9-18)16-24(28)26-19-10-14-22(15-11-19)30-21-6-4-3-5-7-21/h3-15,23H,16H2,1-2H3,(H,25,27)(H,26,28). The molecular weight excluding hydrogens is 380 g/mol. The summed E-state index contributed by atoms with van der Waals surface area (Å²) in [6.07, 6.45) is 0.105. The lowest BCUT2D eigenvalue weighted by atomic mass is 10.0. The predicted octanol–water partition coefficient (Wildman–Crippen LogP) is 4.69. The van der Waals surface area contributed by atoms with Crippen molar-refractivity contribution in [3.8, 4) is 17.2 Å². The van der Waals surface area contributed by atoms with E-state index in [2.05, 4.69) is 10.6 Å². The molecule has 154 valence electrons. The van der Waals surface area contributed by atoms with Crippen LogP contribution in [-0.4, -0.2) is 18.9 Å². The third-order valence-corrected chi connectivity index (χ3v) is 4.40. The number of carbonyl (C=O) groups is 2. The van der Waals surface area contributed by atoms with Crippen LogP contribution in [0.4, 0.5) is 5.69 Å². The van der Waals surface area contributed by atoms with Gasteiger partial charge in [0.15, 0.2) is 0 Å². The zero-order valence-corrected chi connectivity index (χ0v) is 16.9. The SMILES string of the molecule is COc1ccc(C(CC(=O)Nc2ccc(Oc3ccccc3)cc2)NC(C)=O)cc1. The number of para-hydroxylation sites is 1. The molecule has 0 aromatic heterocycles. The molecule has 0 bridgehead atoms. The minimum atomic E-state index is -0.436. The lowest BCUT2D eigenvalue weighted by molar-refractivity contribution is -0.120. The molecule has 6 nitrogen and oxygen atoms in total. The highest BCUT2D eigenvalue weighted by Gasteiger charge is 2.17. The quantitative estimate of drug-likeness (QED) is 0.571. The largest absolute Gasteiger partial charge is 0.497 e. The van der Waals surface area contributed by atoms with Gasteiger partial charge in [-0.25, -0.2) is 0 Å². The number of ether oxygens (including phenoxy) is 2. The fourth-order valence-corrected chi connectivity index (χ4v) is 2.96.